The Morgan fingerprint density at radius 2 is 2.45 bits per heavy atom. The molecule has 0 amide bonds. The molecule has 0 N–H and O–H groups in total. The van der Waals surface area contributed by atoms with Gasteiger partial charge in [-0.25, -0.2) is 19.5 Å². The highest BCUT2D eigenvalue weighted by molar-refractivity contribution is 7.99. The van der Waals surface area contributed by atoms with Crippen LogP contribution in [0.15, 0.2) is 29.8 Å². The molecule has 0 aromatic carbocycles. The van der Waals surface area contributed by atoms with Crippen LogP contribution in [0.4, 0.5) is 5.69 Å². The lowest BCUT2D eigenvalue weighted by Crippen LogP contribution is -2.07. The van der Waals surface area contributed by atoms with Gasteiger partial charge in [0.2, 0.25) is 5.69 Å². The van der Waals surface area contributed by atoms with Crippen LogP contribution in [0.1, 0.15) is 6.92 Å². The molecule has 20 heavy (non-hydrogen) atoms. The second-order valence-corrected chi connectivity index (χ2v) is 4.49. The minimum absolute atomic E-state index is 0.156. The molecule has 2 aromatic rings. The van der Waals surface area contributed by atoms with Gasteiger partial charge in [0, 0.05) is 18.5 Å². The van der Waals surface area contributed by atoms with Crippen molar-refractivity contribution in [2.24, 2.45) is 0 Å². The number of aromatic nitrogens is 4. The van der Waals surface area contributed by atoms with E-state index >= 15 is 0 Å². The lowest BCUT2D eigenvalue weighted by molar-refractivity contribution is -0.139. The molecule has 0 atom stereocenters. The average molecular weight is 289 g/mol. The molecule has 0 saturated carbocycles. The maximum Gasteiger partial charge on any atom is 0.316 e. The van der Waals surface area contributed by atoms with Gasteiger partial charge >= 0.3 is 5.97 Å². The summed E-state index contributed by atoms with van der Waals surface area (Å²) in [6.07, 6.45) is 4.62. The van der Waals surface area contributed by atoms with Crippen molar-refractivity contribution in [3.63, 3.8) is 0 Å². The fourth-order valence-electron chi connectivity index (χ4n) is 1.35. The van der Waals surface area contributed by atoms with E-state index in [0.717, 1.165) is 0 Å². The van der Waals surface area contributed by atoms with Crippen LogP contribution in [0.2, 0.25) is 0 Å². The van der Waals surface area contributed by atoms with Crippen molar-refractivity contribution in [2.45, 2.75) is 12.1 Å². The summed E-state index contributed by atoms with van der Waals surface area (Å²) < 4.78 is 6.32. The first-order valence-electron chi connectivity index (χ1n) is 5.77. The van der Waals surface area contributed by atoms with Crippen LogP contribution in [0.5, 0.6) is 0 Å². The summed E-state index contributed by atoms with van der Waals surface area (Å²) in [7, 11) is 0. The third kappa shape index (κ3) is 3.55. The highest BCUT2D eigenvalue weighted by atomic mass is 32.2. The van der Waals surface area contributed by atoms with Crippen molar-refractivity contribution in [2.75, 3.05) is 12.4 Å². The van der Waals surface area contributed by atoms with E-state index in [-0.39, 0.29) is 11.7 Å². The predicted molar refractivity (Wildman–Crippen MR) is 72.8 cm³/mol. The number of nitrogens with zero attached hydrogens (tertiary/aromatic N) is 5. The molecule has 0 aliphatic heterocycles. The maximum absolute atomic E-state index is 11.3. The summed E-state index contributed by atoms with van der Waals surface area (Å²) in [5, 5.41) is 4.49. The van der Waals surface area contributed by atoms with Crippen LogP contribution < -0.4 is 0 Å². The first kappa shape index (κ1) is 14.0. The van der Waals surface area contributed by atoms with E-state index in [0.29, 0.717) is 23.3 Å². The molecule has 0 aliphatic carbocycles. The van der Waals surface area contributed by atoms with E-state index in [2.05, 4.69) is 19.9 Å². The molecule has 8 heteroatoms. The molecule has 0 spiro atoms. The molecule has 0 fully saturated rings. The smallest absolute Gasteiger partial charge is 0.316 e. The maximum atomic E-state index is 11.3. The van der Waals surface area contributed by atoms with Crippen molar-refractivity contribution in [1.29, 1.82) is 0 Å². The first-order valence-corrected chi connectivity index (χ1v) is 6.75. The minimum atomic E-state index is -0.305. The van der Waals surface area contributed by atoms with Gasteiger partial charge in [0.25, 0.3) is 0 Å². The second kappa shape index (κ2) is 6.68. The van der Waals surface area contributed by atoms with Gasteiger partial charge < -0.3 is 4.74 Å². The summed E-state index contributed by atoms with van der Waals surface area (Å²) in [6.45, 7) is 9.01. The van der Waals surface area contributed by atoms with Crippen LogP contribution in [0, 0.1) is 6.57 Å². The van der Waals surface area contributed by atoms with Crippen molar-refractivity contribution in [1.82, 2.24) is 19.7 Å². The number of thioether (sulfide) groups is 1. The summed E-state index contributed by atoms with van der Waals surface area (Å²) in [5.41, 5.74) is 0.435. The monoisotopic (exact) mass is 289 g/mol. The quantitative estimate of drug-likeness (QED) is 0.362. The van der Waals surface area contributed by atoms with Gasteiger partial charge in [-0.3, -0.25) is 4.79 Å². The van der Waals surface area contributed by atoms with Gasteiger partial charge in [-0.1, -0.05) is 11.8 Å². The highest BCUT2D eigenvalue weighted by Gasteiger charge is 2.07. The zero-order valence-corrected chi connectivity index (χ0v) is 11.5. The molecular weight excluding hydrogens is 278 g/mol. The standard InChI is InChI=1S/C12H11N5O2S/c1-3-19-11(18)8-20-12-14-5-4-10(16-12)17-7-9(13-2)6-15-17/h4-7H,3,8H2,1H3. The molecule has 0 unspecified atom stereocenters. The van der Waals surface area contributed by atoms with E-state index in [9.17, 15) is 4.79 Å². The molecular formula is C12H11N5O2S. The van der Waals surface area contributed by atoms with E-state index in [1.54, 1.807) is 25.4 Å². The van der Waals surface area contributed by atoms with E-state index in [1.807, 2.05) is 0 Å². The van der Waals surface area contributed by atoms with Crippen molar-refractivity contribution in [3.05, 3.63) is 36.1 Å². The Hall–Kier alpha value is -2.40. The topological polar surface area (TPSA) is 74.3 Å². The zero-order valence-electron chi connectivity index (χ0n) is 10.7. The van der Waals surface area contributed by atoms with Crippen molar-refractivity contribution >= 4 is 23.4 Å². The largest absolute Gasteiger partial charge is 0.465 e. The number of carbonyl (C=O) groups excluding carboxylic acids is 1. The Morgan fingerprint density at radius 3 is 3.15 bits per heavy atom. The molecule has 2 aromatic heterocycles. The molecule has 0 bridgehead atoms. The fraction of sp³-hybridized carbons (Fsp3) is 0.250. The van der Waals surface area contributed by atoms with Gasteiger partial charge in [0.15, 0.2) is 11.0 Å². The van der Waals surface area contributed by atoms with Crippen molar-refractivity contribution < 1.29 is 9.53 Å². The number of carbonyl (C=O) groups is 1. The van der Waals surface area contributed by atoms with Gasteiger partial charge in [-0.2, -0.15) is 5.10 Å². The Bertz CT molecular complexity index is 649. The average Bonchev–Trinajstić information content (AvgIpc) is 2.95. The number of ether oxygens (including phenoxy) is 1. The number of hydrogen-bond donors (Lipinski definition) is 0. The molecule has 7 nitrogen and oxygen atoms in total. The SMILES string of the molecule is [C-]#[N+]c1cnn(-c2ccnc(SCC(=O)OCC)n2)c1. The molecule has 2 heterocycles. The summed E-state index contributed by atoms with van der Waals surface area (Å²) in [4.78, 5) is 22.9. The summed E-state index contributed by atoms with van der Waals surface area (Å²) in [5.74, 6) is 0.395. The van der Waals surface area contributed by atoms with E-state index in [4.69, 9.17) is 11.3 Å². The van der Waals surface area contributed by atoms with Gasteiger partial charge in [-0.15, -0.1) is 0 Å². The highest BCUT2D eigenvalue weighted by Crippen LogP contribution is 2.16. The Kier molecular flexibility index (Phi) is 4.68. The molecule has 0 radical (unpaired) electrons. The zero-order chi connectivity index (χ0) is 14.4. The second-order valence-electron chi connectivity index (χ2n) is 3.55. The Balaban J connectivity index is 2.08. The Morgan fingerprint density at radius 1 is 1.60 bits per heavy atom. The van der Waals surface area contributed by atoms with E-state index < -0.39 is 0 Å². The lowest BCUT2D eigenvalue weighted by Gasteiger charge is -2.03. The fourth-order valence-corrected chi connectivity index (χ4v) is 1.98. The molecule has 2 rings (SSSR count). The summed E-state index contributed by atoms with van der Waals surface area (Å²) in [6, 6.07) is 1.68. The number of rotatable bonds is 5. The first-order chi connectivity index (χ1) is 9.72. The van der Waals surface area contributed by atoms with Crippen LogP contribution in [0.3, 0.4) is 0 Å². The third-order valence-corrected chi connectivity index (χ3v) is 3.01. The number of esters is 1. The van der Waals surface area contributed by atoms with Crippen LogP contribution in [0.25, 0.3) is 10.7 Å². The third-order valence-electron chi connectivity index (χ3n) is 2.18. The molecule has 0 saturated heterocycles. The summed E-state index contributed by atoms with van der Waals surface area (Å²) >= 11 is 1.19. The van der Waals surface area contributed by atoms with Crippen LogP contribution in [-0.4, -0.2) is 38.1 Å². The minimum Gasteiger partial charge on any atom is -0.465 e. The van der Waals surface area contributed by atoms with Crippen LogP contribution >= 0.6 is 11.8 Å². The predicted octanol–water partition coefficient (Wildman–Crippen LogP) is 1.87. The number of hydrogen-bond acceptors (Lipinski definition) is 6. The molecule has 102 valence electrons. The van der Waals surface area contributed by atoms with Gasteiger partial charge in [0.05, 0.1) is 25.1 Å². The Labute approximate surface area is 119 Å². The van der Waals surface area contributed by atoms with E-state index in [1.165, 1.54) is 22.6 Å². The van der Waals surface area contributed by atoms with Gasteiger partial charge in [0.1, 0.15) is 0 Å². The van der Waals surface area contributed by atoms with Crippen LogP contribution in [-0.2, 0) is 9.53 Å². The molecule has 0 aliphatic rings. The van der Waals surface area contributed by atoms with Gasteiger partial charge in [-0.05, 0) is 6.92 Å². The normalized spacial score (nSPS) is 10.0. The lowest BCUT2D eigenvalue weighted by atomic mass is 10.5. The van der Waals surface area contributed by atoms with Crippen molar-refractivity contribution in [3.8, 4) is 5.82 Å².